The Labute approximate surface area is 437 Å². The molecule has 0 saturated carbocycles. The van der Waals surface area contributed by atoms with Gasteiger partial charge in [-0.05, 0) is 125 Å². The highest BCUT2D eigenvalue weighted by atomic mass is 16.3. The van der Waals surface area contributed by atoms with Crippen molar-refractivity contribution < 1.29 is 8.83 Å². The third-order valence-corrected chi connectivity index (χ3v) is 16.7. The number of benzene rings is 9. The number of nitrogens with zero attached hydrogens (tertiary/aromatic N) is 2. The van der Waals surface area contributed by atoms with E-state index in [2.05, 4.69) is 250 Å². The quantitative estimate of drug-likeness (QED) is 0.152. The van der Waals surface area contributed by atoms with Crippen LogP contribution in [0.1, 0.15) is 91.0 Å². The highest BCUT2D eigenvalue weighted by molar-refractivity contribution is 6.12. The molecule has 0 spiro atoms. The molecule has 9 aromatic carbocycles. The van der Waals surface area contributed by atoms with Crippen LogP contribution in [-0.2, 0) is 0 Å². The van der Waals surface area contributed by atoms with Crippen LogP contribution in [0.15, 0.2) is 244 Å². The van der Waals surface area contributed by atoms with Crippen LogP contribution in [0.3, 0.4) is 0 Å². The fraction of sp³-hybridized carbons (Fsp3) is 0.141. The Morgan fingerprint density at radius 1 is 0.520 bits per heavy atom. The zero-order valence-electron chi connectivity index (χ0n) is 42.5. The summed E-state index contributed by atoms with van der Waals surface area (Å²) >= 11 is 0. The van der Waals surface area contributed by atoms with Crippen LogP contribution >= 0.6 is 0 Å². The van der Waals surface area contributed by atoms with Crippen molar-refractivity contribution in [2.75, 3.05) is 0 Å². The maximum atomic E-state index is 7.25. The van der Waals surface area contributed by atoms with Crippen molar-refractivity contribution in [3.63, 3.8) is 0 Å². The third-order valence-electron chi connectivity index (χ3n) is 16.7. The molecule has 0 bridgehead atoms. The average Bonchev–Trinajstić information content (AvgIpc) is 4.18. The van der Waals surface area contributed by atoms with E-state index in [1.165, 1.54) is 55.3 Å². The molecule has 0 saturated heterocycles. The lowest BCUT2D eigenvalue weighted by Gasteiger charge is -2.33. The molecule has 4 heterocycles. The van der Waals surface area contributed by atoms with Crippen LogP contribution in [0.2, 0.25) is 0 Å². The Bertz CT molecular complexity index is 4260. The van der Waals surface area contributed by atoms with E-state index in [0.29, 0.717) is 11.8 Å². The lowest BCUT2D eigenvalue weighted by Crippen LogP contribution is -2.25. The van der Waals surface area contributed by atoms with Crippen LogP contribution in [0.5, 0.6) is 0 Å². The minimum absolute atomic E-state index is 0.106. The number of aliphatic imine (C=N–C) groups is 1. The standard InChI is InChI=1S/C71H56N2O2/c1-4-46-40-58(48-23-10-6-11-24-48)44(2)45(3)69(49-25-12-7-13-26-49)72-70(46)52-28-20-27-51(39-52)53-36-37-56(71-68(53)57-31-16-19-34-66(57)75-71)60-42-61-55-30-15-18-33-65(55)74-67(61)43-64(60)73-62-32-17-14-29-54(62)59-41-50(35-38-63(59)73)47-21-8-5-9-22-47/h5-36,38-39,41-44,46,56,58H,4,37,40H2,1-3H3/b69-45-,72-70+. The summed E-state index contributed by atoms with van der Waals surface area (Å²) in [5, 5.41) is 5.75. The van der Waals surface area contributed by atoms with Gasteiger partial charge in [-0.1, -0.05) is 190 Å². The SMILES string of the molecule is CCC1CC(c2ccccc2)C(C)/C(C)=C(c2ccccc2)\N=C/1c1cccc(C2=CCC(c3cc4c(cc3-n3c5ccccc5c5cc(-c6ccccc6)ccc53)oc3ccccc34)c3oc4ccccc4c32)c1. The lowest BCUT2D eigenvalue weighted by molar-refractivity contribution is 0.432. The molecule has 1 aliphatic heterocycles. The molecular weight excluding hydrogens is 913 g/mol. The summed E-state index contributed by atoms with van der Waals surface area (Å²) in [6.07, 6.45) is 5.23. The largest absolute Gasteiger partial charge is 0.460 e. The average molecular weight is 969 g/mol. The zero-order valence-corrected chi connectivity index (χ0v) is 42.5. The molecule has 0 fully saturated rings. The zero-order chi connectivity index (χ0) is 50.1. The number of hydrogen-bond donors (Lipinski definition) is 0. The summed E-state index contributed by atoms with van der Waals surface area (Å²) in [6.45, 7) is 7.05. The van der Waals surface area contributed by atoms with Gasteiger partial charge in [0.05, 0.1) is 28.1 Å². The van der Waals surface area contributed by atoms with Gasteiger partial charge in [-0.25, -0.2) is 0 Å². The minimum atomic E-state index is -0.106. The summed E-state index contributed by atoms with van der Waals surface area (Å²) in [5.41, 5.74) is 20.4. The molecule has 4 atom stereocenters. The van der Waals surface area contributed by atoms with Crippen LogP contribution in [0, 0.1) is 11.8 Å². The summed E-state index contributed by atoms with van der Waals surface area (Å²) < 4.78 is 16.4. The Kier molecular flexibility index (Phi) is 11.0. The Balaban J connectivity index is 0.950. The first-order valence-corrected chi connectivity index (χ1v) is 26.8. The van der Waals surface area contributed by atoms with Crippen molar-refractivity contribution in [2.45, 2.75) is 51.9 Å². The number of aromatic nitrogens is 1. The van der Waals surface area contributed by atoms with Gasteiger partial charge in [-0.3, -0.25) is 4.99 Å². The predicted octanol–water partition coefficient (Wildman–Crippen LogP) is 19.1. The number of allylic oxidation sites excluding steroid dienone is 2. The van der Waals surface area contributed by atoms with E-state index < -0.39 is 0 Å². The summed E-state index contributed by atoms with van der Waals surface area (Å²) in [7, 11) is 0. The summed E-state index contributed by atoms with van der Waals surface area (Å²) in [5.74, 6) is 1.79. The van der Waals surface area contributed by atoms with Crippen molar-refractivity contribution in [1.29, 1.82) is 0 Å². The van der Waals surface area contributed by atoms with E-state index in [-0.39, 0.29) is 11.8 Å². The monoisotopic (exact) mass is 968 g/mol. The van der Waals surface area contributed by atoms with Gasteiger partial charge in [-0.15, -0.1) is 0 Å². The molecule has 0 amide bonds. The maximum Gasteiger partial charge on any atom is 0.137 e. The molecule has 3 aromatic heterocycles. The van der Waals surface area contributed by atoms with E-state index in [1.807, 2.05) is 0 Å². The van der Waals surface area contributed by atoms with Gasteiger partial charge in [0.1, 0.15) is 22.5 Å². The number of furan rings is 2. The first kappa shape index (κ1) is 44.9. The first-order valence-electron chi connectivity index (χ1n) is 26.8. The van der Waals surface area contributed by atoms with Crippen LogP contribution in [0.25, 0.3) is 82.8 Å². The van der Waals surface area contributed by atoms with Crippen LogP contribution in [0.4, 0.5) is 0 Å². The van der Waals surface area contributed by atoms with Gasteiger partial charge in [0.15, 0.2) is 0 Å². The third kappa shape index (κ3) is 7.53. The van der Waals surface area contributed by atoms with Crippen molar-refractivity contribution in [3.05, 3.63) is 269 Å². The van der Waals surface area contributed by atoms with E-state index >= 15 is 0 Å². The second-order valence-corrected chi connectivity index (χ2v) is 20.8. The topological polar surface area (TPSA) is 43.6 Å². The molecule has 4 unspecified atom stereocenters. The first-order chi connectivity index (χ1) is 37.0. The normalized spacial score (nSPS) is 19.8. The molecule has 0 N–H and O–H groups in total. The van der Waals surface area contributed by atoms with Gasteiger partial charge < -0.3 is 13.4 Å². The van der Waals surface area contributed by atoms with Crippen molar-refractivity contribution in [3.8, 4) is 16.8 Å². The van der Waals surface area contributed by atoms with Gasteiger partial charge in [0.2, 0.25) is 0 Å². The van der Waals surface area contributed by atoms with E-state index in [4.69, 9.17) is 13.8 Å². The van der Waals surface area contributed by atoms with Gasteiger partial charge in [-0.2, -0.15) is 0 Å². The highest BCUT2D eigenvalue weighted by Gasteiger charge is 2.35. The fourth-order valence-electron chi connectivity index (χ4n) is 12.8. The van der Waals surface area contributed by atoms with Crippen molar-refractivity contribution in [1.82, 2.24) is 4.57 Å². The number of fused-ring (bicyclic) bond motifs is 9. The molecule has 2 aliphatic rings. The van der Waals surface area contributed by atoms with E-state index in [1.54, 1.807) is 0 Å². The Morgan fingerprint density at radius 3 is 1.93 bits per heavy atom. The van der Waals surface area contributed by atoms with Crippen molar-refractivity contribution in [2.24, 2.45) is 16.8 Å². The Hall–Kier alpha value is -8.73. The molecule has 4 nitrogen and oxygen atoms in total. The summed E-state index contributed by atoms with van der Waals surface area (Å²) in [4.78, 5) is 5.80. The maximum absolute atomic E-state index is 7.25. The van der Waals surface area contributed by atoms with Gasteiger partial charge in [0.25, 0.3) is 0 Å². The number of rotatable bonds is 8. The van der Waals surface area contributed by atoms with Crippen molar-refractivity contribution >= 4 is 71.7 Å². The smallest absolute Gasteiger partial charge is 0.137 e. The number of hydrogen-bond acceptors (Lipinski definition) is 3. The molecule has 14 rings (SSSR count). The fourth-order valence-corrected chi connectivity index (χ4v) is 12.8. The predicted molar refractivity (Wildman–Crippen MR) is 312 cm³/mol. The molecule has 362 valence electrons. The lowest BCUT2D eigenvalue weighted by atomic mass is 9.73. The molecule has 0 radical (unpaired) electrons. The second kappa shape index (κ2) is 18.3. The van der Waals surface area contributed by atoms with Gasteiger partial charge >= 0.3 is 0 Å². The van der Waals surface area contributed by atoms with Crippen LogP contribution < -0.4 is 0 Å². The van der Waals surface area contributed by atoms with Crippen LogP contribution in [-0.4, -0.2) is 10.3 Å². The molecular formula is C71H56N2O2. The summed E-state index contributed by atoms with van der Waals surface area (Å²) in [6, 6.07) is 79.4. The van der Waals surface area contributed by atoms with Gasteiger partial charge in [0, 0.05) is 56.0 Å². The Morgan fingerprint density at radius 2 is 1.16 bits per heavy atom. The molecule has 1 aliphatic carbocycles. The van der Waals surface area contributed by atoms with E-state index in [9.17, 15) is 0 Å². The highest BCUT2D eigenvalue weighted by Crippen LogP contribution is 2.50. The number of para-hydroxylation sites is 3. The minimum Gasteiger partial charge on any atom is -0.460 e. The molecule has 4 heteroatoms. The van der Waals surface area contributed by atoms with E-state index in [0.717, 1.165) is 97.2 Å². The molecule has 75 heavy (non-hydrogen) atoms. The second-order valence-electron chi connectivity index (χ2n) is 20.8. The molecule has 12 aromatic rings.